The van der Waals surface area contributed by atoms with E-state index in [1.807, 2.05) is 18.4 Å². The number of benzene rings is 2. The molecule has 1 amide bonds. The number of carbonyl (C=O) groups is 1. The summed E-state index contributed by atoms with van der Waals surface area (Å²) in [5, 5.41) is 3.90. The maximum absolute atomic E-state index is 13.3. The van der Waals surface area contributed by atoms with Gasteiger partial charge in [-0.1, -0.05) is 19.1 Å². The Labute approximate surface area is 141 Å². The number of aryl methyl sites for hydroxylation is 3. The molecule has 1 heterocycles. The third kappa shape index (κ3) is 2.80. The van der Waals surface area contributed by atoms with Crippen LogP contribution in [0.1, 0.15) is 35.5 Å². The van der Waals surface area contributed by atoms with E-state index in [0.717, 1.165) is 22.9 Å². The number of rotatable bonds is 4. The fraction of sp³-hybridized carbons (Fsp3) is 0.250. The second-order valence-electron chi connectivity index (χ2n) is 5.89. The van der Waals surface area contributed by atoms with Crippen molar-refractivity contribution in [2.45, 2.75) is 33.7 Å². The summed E-state index contributed by atoms with van der Waals surface area (Å²) in [5.74, 6) is -0.581. The number of halogens is 1. The van der Waals surface area contributed by atoms with Crippen molar-refractivity contribution >= 4 is 22.5 Å². The first-order chi connectivity index (χ1) is 11.5. The average Bonchev–Trinajstić information content (AvgIpc) is 2.86. The molecular formula is C20H21FN2O. The summed E-state index contributed by atoms with van der Waals surface area (Å²) >= 11 is 0. The number of aromatic nitrogens is 1. The second-order valence-corrected chi connectivity index (χ2v) is 5.89. The van der Waals surface area contributed by atoms with Gasteiger partial charge in [0, 0.05) is 23.1 Å². The molecule has 2 aromatic carbocycles. The van der Waals surface area contributed by atoms with Crippen LogP contribution in [0.4, 0.5) is 10.1 Å². The summed E-state index contributed by atoms with van der Waals surface area (Å²) in [4.78, 5) is 12.8. The van der Waals surface area contributed by atoms with Gasteiger partial charge in [0.25, 0.3) is 5.91 Å². The van der Waals surface area contributed by atoms with Crippen LogP contribution in [0.3, 0.4) is 0 Å². The molecule has 124 valence electrons. The fourth-order valence-electron chi connectivity index (χ4n) is 3.17. The highest BCUT2D eigenvalue weighted by atomic mass is 19.1. The molecule has 3 aromatic rings. The Balaban J connectivity index is 2.07. The van der Waals surface area contributed by atoms with Gasteiger partial charge in [-0.05, 0) is 61.7 Å². The number of hydrogen-bond donors (Lipinski definition) is 1. The SMILES string of the molecule is CCc1ccc2c(c1)c(C)c(C(=O)Nc1cccc(F)c1)n2CC. The number of hydrogen-bond acceptors (Lipinski definition) is 1. The van der Waals surface area contributed by atoms with Crippen molar-refractivity contribution in [3.8, 4) is 0 Å². The lowest BCUT2D eigenvalue weighted by Crippen LogP contribution is -2.17. The van der Waals surface area contributed by atoms with Crippen LogP contribution in [0.2, 0.25) is 0 Å². The number of fused-ring (bicyclic) bond motifs is 1. The molecule has 0 spiro atoms. The minimum atomic E-state index is -0.367. The third-order valence-corrected chi connectivity index (χ3v) is 4.40. The topological polar surface area (TPSA) is 34.0 Å². The molecular weight excluding hydrogens is 303 g/mol. The first-order valence-corrected chi connectivity index (χ1v) is 8.23. The number of nitrogens with zero attached hydrogens (tertiary/aromatic N) is 1. The lowest BCUT2D eigenvalue weighted by Gasteiger charge is -2.10. The highest BCUT2D eigenvalue weighted by Gasteiger charge is 2.20. The van der Waals surface area contributed by atoms with Crippen molar-refractivity contribution < 1.29 is 9.18 Å². The van der Waals surface area contributed by atoms with Crippen LogP contribution >= 0.6 is 0 Å². The average molecular weight is 324 g/mol. The largest absolute Gasteiger partial charge is 0.337 e. The lowest BCUT2D eigenvalue weighted by molar-refractivity contribution is 0.101. The molecule has 0 saturated heterocycles. The molecule has 3 rings (SSSR count). The van der Waals surface area contributed by atoms with Crippen molar-refractivity contribution in [3.63, 3.8) is 0 Å². The van der Waals surface area contributed by atoms with Crippen LogP contribution in [0.25, 0.3) is 10.9 Å². The van der Waals surface area contributed by atoms with E-state index in [-0.39, 0.29) is 11.7 Å². The van der Waals surface area contributed by atoms with Crippen LogP contribution in [0.15, 0.2) is 42.5 Å². The van der Waals surface area contributed by atoms with Crippen molar-refractivity contribution in [1.82, 2.24) is 4.57 Å². The van der Waals surface area contributed by atoms with Gasteiger partial charge >= 0.3 is 0 Å². The fourth-order valence-corrected chi connectivity index (χ4v) is 3.17. The predicted molar refractivity (Wildman–Crippen MR) is 96.1 cm³/mol. The molecule has 0 aliphatic heterocycles. The van der Waals surface area contributed by atoms with E-state index in [0.29, 0.717) is 17.9 Å². The molecule has 0 unspecified atom stereocenters. The van der Waals surface area contributed by atoms with Gasteiger partial charge in [-0.2, -0.15) is 0 Å². The Hall–Kier alpha value is -2.62. The number of anilines is 1. The van der Waals surface area contributed by atoms with Crippen LogP contribution in [0.5, 0.6) is 0 Å². The number of carbonyl (C=O) groups excluding carboxylic acids is 1. The normalized spacial score (nSPS) is 11.0. The Morgan fingerprint density at radius 3 is 2.62 bits per heavy atom. The van der Waals surface area contributed by atoms with E-state index in [4.69, 9.17) is 0 Å². The summed E-state index contributed by atoms with van der Waals surface area (Å²) in [5.41, 5.74) is 4.34. The van der Waals surface area contributed by atoms with Gasteiger partial charge in [0.2, 0.25) is 0 Å². The minimum Gasteiger partial charge on any atom is -0.337 e. The summed E-state index contributed by atoms with van der Waals surface area (Å²) in [6.45, 7) is 6.80. The molecule has 24 heavy (non-hydrogen) atoms. The number of amides is 1. The zero-order valence-corrected chi connectivity index (χ0v) is 14.2. The standard InChI is InChI=1S/C20H21FN2O/c1-4-14-9-10-18-17(11-14)13(3)19(23(18)5-2)20(24)22-16-8-6-7-15(21)12-16/h6-12H,4-5H2,1-3H3,(H,22,24). The van der Waals surface area contributed by atoms with Gasteiger partial charge in [-0.25, -0.2) is 4.39 Å². The Morgan fingerprint density at radius 1 is 1.17 bits per heavy atom. The molecule has 3 nitrogen and oxygen atoms in total. The van der Waals surface area contributed by atoms with Crippen molar-refractivity contribution in [2.75, 3.05) is 5.32 Å². The van der Waals surface area contributed by atoms with E-state index in [9.17, 15) is 9.18 Å². The van der Waals surface area contributed by atoms with Gasteiger partial charge in [0.05, 0.1) is 0 Å². The summed E-state index contributed by atoms with van der Waals surface area (Å²) in [7, 11) is 0. The maximum atomic E-state index is 13.3. The first kappa shape index (κ1) is 16.2. The van der Waals surface area contributed by atoms with E-state index in [1.54, 1.807) is 12.1 Å². The monoisotopic (exact) mass is 324 g/mol. The van der Waals surface area contributed by atoms with E-state index in [1.165, 1.54) is 17.7 Å². The van der Waals surface area contributed by atoms with Crippen molar-refractivity contribution in [1.29, 1.82) is 0 Å². The van der Waals surface area contributed by atoms with Crippen LogP contribution in [-0.2, 0) is 13.0 Å². The Kier molecular flexibility index (Phi) is 4.38. The van der Waals surface area contributed by atoms with Gasteiger partial charge in [0.15, 0.2) is 0 Å². The Bertz CT molecular complexity index is 911. The molecule has 0 fully saturated rings. The molecule has 1 aromatic heterocycles. The smallest absolute Gasteiger partial charge is 0.272 e. The van der Waals surface area contributed by atoms with Crippen molar-refractivity contribution in [3.05, 3.63) is 65.1 Å². The van der Waals surface area contributed by atoms with Crippen LogP contribution in [-0.4, -0.2) is 10.5 Å². The summed E-state index contributed by atoms with van der Waals surface area (Å²) in [6.07, 6.45) is 0.956. The van der Waals surface area contributed by atoms with Crippen LogP contribution in [0, 0.1) is 12.7 Å². The van der Waals surface area contributed by atoms with Gasteiger partial charge in [-0.15, -0.1) is 0 Å². The molecule has 0 bridgehead atoms. The van der Waals surface area contributed by atoms with Gasteiger partial charge < -0.3 is 9.88 Å². The van der Waals surface area contributed by atoms with E-state index in [2.05, 4.69) is 30.4 Å². The van der Waals surface area contributed by atoms with Crippen LogP contribution < -0.4 is 5.32 Å². The molecule has 4 heteroatoms. The first-order valence-electron chi connectivity index (χ1n) is 8.23. The van der Waals surface area contributed by atoms with Gasteiger partial charge in [-0.3, -0.25) is 4.79 Å². The minimum absolute atomic E-state index is 0.214. The quantitative estimate of drug-likeness (QED) is 0.726. The van der Waals surface area contributed by atoms with Gasteiger partial charge in [0.1, 0.15) is 11.5 Å². The Morgan fingerprint density at radius 2 is 1.96 bits per heavy atom. The highest BCUT2D eigenvalue weighted by Crippen LogP contribution is 2.28. The lowest BCUT2D eigenvalue weighted by atomic mass is 10.1. The highest BCUT2D eigenvalue weighted by molar-refractivity contribution is 6.08. The molecule has 1 N–H and O–H groups in total. The molecule has 0 aliphatic carbocycles. The van der Waals surface area contributed by atoms with E-state index < -0.39 is 0 Å². The summed E-state index contributed by atoms with van der Waals surface area (Å²) < 4.78 is 15.4. The third-order valence-electron chi connectivity index (χ3n) is 4.40. The molecule has 0 saturated carbocycles. The molecule has 0 atom stereocenters. The summed E-state index contributed by atoms with van der Waals surface area (Å²) in [6, 6.07) is 12.3. The zero-order chi connectivity index (χ0) is 17.3. The molecule has 0 radical (unpaired) electrons. The second kappa shape index (κ2) is 6.48. The zero-order valence-electron chi connectivity index (χ0n) is 14.2. The maximum Gasteiger partial charge on any atom is 0.272 e. The number of nitrogens with one attached hydrogen (secondary N) is 1. The molecule has 0 aliphatic rings. The van der Waals surface area contributed by atoms with Crippen molar-refractivity contribution in [2.24, 2.45) is 0 Å². The van der Waals surface area contributed by atoms with E-state index >= 15 is 0 Å². The predicted octanol–water partition coefficient (Wildman–Crippen LogP) is 4.92.